The Kier molecular flexibility index (Phi) is 6.41. The molecule has 2 rings (SSSR count). The summed E-state index contributed by atoms with van der Waals surface area (Å²) in [6.45, 7) is 12.5. The van der Waals surface area contributed by atoms with Gasteiger partial charge in [0.05, 0.1) is 5.54 Å². The lowest BCUT2D eigenvalue weighted by Gasteiger charge is -2.32. The zero-order valence-electron chi connectivity index (χ0n) is 14.8. The monoisotopic (exact) mass is 338 g/mol. The average Bonchev–Trinajstić information content (AvgIpc) is 2.94. The molecule has 1 aromatic rings. The van der Waals surface area contributed by atoms with Crippen molar-refractivity contribution in [1.29, 1.82) is 0 Å². The Morgan fingerprint density at radius 1 is 1.43 bits per heavy atom. The third-order valence-corrected chi connectivity index (χ3v) is 5.62. The van der Waals surface area contributed by atoms with Gasteiger partial charge in [0.1, 0.15) is 5.01 Å². The highest BCUT2D eigenvalue weighted by atomic mass is 32.1. The molecule has 5 nitrogen and oxygen atoms in total. The molecule has 23 heavy (non-hydrogen) atoms. The number of nitrogens with zero attached hydrogens (tertiary/aromatic N) is 2. The molecule has 0 atom stereocenters. The summed E-state index contributed by atoms with van der Waals surface area (Å²) in [6.07, 6.45) is 5.42. The lowest BCUT2D eigenvalue weighted by Crippen LogP contribution is -2.48. The molecule has 0 bridgehead atoms. The van der Waals surface area contributed by atoms with Gasteiger partial charge in [0.2, 0.25) is 0 Å². The summed E-state index contributed by atoms with van der Waals surface area (Å²) in [7, 11) is 0. The number of hydrogen-bond donors (Lipinski definition) is 2. The van der Waals surface area contributed by atoms with Crippen LogP contribution in [0.2, 0.25) is 0 Å². The Morgan fingerprint density at radius 2 is 2.13 bits per heavy atom. The van der Waals surface area contributed by atoms with Crippen LogP contribution in [0.1, 0.15) is 49.9 Å². The van der Waals surface area contributed by atoms with E-state index in [-0.39, 0.29) is 6.03 Å². The van der Waals surface area contributed by atoms with Crippen molar-refractivity contribution >= 4 is 17.4 Å². The van der Waals surface area contributed by atoms with Gasteiger partial charge in [-0.2, -0.15) is 0 Å². The van der Waals surface area contributed by atoms with Crippen LogP contribution in [0.3, 0.4) is 0 Å². The molecule has 2 heterocycles. The van der Waals surface area contributed by atoms with Gasteiger partial charge in [-0.15, -0.1) is 11.3 Å². The first-order valence-electron chi connectivity index (χ1n) is 8.62. The van der Waals surface area contributed by atoms with Crippen LogP contribution < -0.4 is 10.6 Å². The summed E-state index contributed by atoms with van der Waals surface area (Å²) in [5, 5.41) is 7.02. The number of urea groups is 1. The SMILES string of the molecule is CCCN1CCC(CNC(=O)NC(C)(C)c2ncc(C)s2)CC1. The second kappa shape index (κ2) is 8.11. The summed E-state index contributed by atoms with van der Waals surface area (Å²) in [4.78, 5) is 20.3. The maximum atomic E-state index is 12.2. The first-order chi connectivity index (χ1) is 10.9. The van der Waals surface area contributed by atoms with Crippen molar-refractivity contribution in [1.82, 2.24) is 20.5 Å². The average molecular weight is 339 g/mol. The van der Waals surface area contributed by atoms with E-state index < -0.39 is 5.54 Å². The van der Waals surface area contributed by atoms with Gasteiger partial charge >= 0.3 is 6.03 Å². The molecule has 6 heteroatoms. The molecule has 2 amide bonds. The minimum Gasteiger partial charge on any atom is -0.338 e. The largest absolute Gasteiger partial charge is 0.338 e. The number of likely N-dealkylation sites (tertiary alicyclic amines) is 1. The molecule has 1 saturated heterocycles. The maximum absolute atomic E-state index is 12.2. The lowest BCUT2D eigenvalue weighted by molar-refractivity contribution is 0.180. The van der Waals surface area contributed by atoms with Crippen molar-refractivity contribution in [3.63, 3.8) is 0 Å². The Balaban J connectivity index is 1.73. The fourth-order valence-electron chi connectivity index (χ4n) is 2.99. The van der Waals surface area contributed by atoms with E-state index in [1.165, 1.54) is 25.8 Å². The van der Waals surface area contributed by atoms with E-state index in [0.717, 1.165) is 29.5 Å². The first kappa shape index (κ1) is 18.2. The summed E-state index contributed by atoms with van der Waals surface area (Å²) in [5.41, 5.74) is -0.437. The number of nitrogens with one attached hydrogen (secondary N) is 2. The summed E-state index contributed by atoms with van der Waals surface area (Å²) in [5.74, 6) is 0.596. The molecule has 1 aliphatic heterocycles. The number of piperidine rings is 1. The summed E-state index contributed by atoms with van der Waals surface area (Å²) in [6, 6.07) is -0.0983. The molecule has 2 N–H and O–H groups in total. The number of carbonyl (C=O) groups is 1. The van der Waals surface area contributed by atoms with Crippen LogP contribution in [-0.2, 0) is 5.54 Å². The predicted molar refractivity (Wildman–Crippen MR) is 95.9 cm³/mol. The van der Waals surface area contributed by atoms with E-state index in [0.29, 0.717) is 5.92 Å². The van der Waals surface area contributed by atoms with Crippen LogP contribution in [-0.4, -0.2) is 42.1 Å². The summed E-state index contributed by atoms with van der Waals surface area (Å²) >= 11 is 1.63. The van der Waals surface area contributed by atoms with E-state index in [9.17, 15) is 4.79 Å². The van der Waals surface area contributed by atoms with Gasteiger partial charge in [-0.1, -0.05) is 6.92 Å². The highest BCUT2D eigenvalue weighted by molar-refractivity contribution is 7.11. The molecular formula is C17H30N4OS. The van der Waals surface area contributed by atoms with E-state index in [2.05, 4.69) is 27.4 Å². The van der Waals surface area contributed by atoms with E-state index in [4.69, 9.17) is 0 Å². The Bertz CT molecular complexity index is 506. The fraction of sp³-hybridized carbons (Fsp3) is 0.765. The van der Waals surface area contributed by atoms with Crippen molar-refractivity contribution in [2.24, 2.45) is 5.92 Å². The van der Waals surface area contributed by atoms with Gasteiger partial charge in [0, 0.05) is 17.6 Å². The number of thiazole rings is 1. The van der Waals surface area contributed by atoms with Crippen LogP contribution in [0.15, 0.2) is 6.20 Å². The molecule has 1 aromatic heterocycles. The van der Waals surface area contributed by atoms with E-state index in [1.54, 1.807) is 11.3 Å². The minimum absolute atomic E-state index is 0.0983. The lowest BCUT2D eigenvalue weighted by atomic mass is 9.97. The molecule has 1 fully saturated rings. The van der Waals surface area contributed by atoms with Gasteiger partial charge in [0.25, 0.3) is 0 Å². The van der Waals surface area contributed by atoms with Crippen molar-refractivity contribution in [3.8, 4) is 0 Å². The molecule has 0 aromatic carbocycles. The highest BCUT2D eigenvalue weighted by Gasteiger charge is 2.26. The number of rotatable bonds is 6. The zero-order valence-corrected chi connectivity index (χ0v) is 15.6. The van der Waals surface area contributed by atoms with Crippen LogP contribution in [0, 0.1) is 12.8 Å². The second-order valence-electron chi connectivity index (χ2n) is 7.02. The van der Waals surface area contributed by atoms with Crippen LogP contribution in [0.25, 0.3) is 0 Å². The second-order valence-corrected chi connectivity index (χ2v) is 8.26. The predicted octanol–water partition coefficient (Wildman–Crippen LogP) is 3.11. The van der Waals surface area contributed by atoms with Crippen LogP contribution in [0.4, 0.5) is 4.79 Å². The van der Waals surface area contributed by atoms with Gasteiger partial charge in [-0.25, -0.2) is 9.78 Å². The van der Waals surface area contributed by atoms with Crippen LogP contribution in [0.5, 0.6) is 0 Å². The fourth-order valence-corrected chi connectivity index (χ4v) is 3.81. The smallest absolute Gasteiger partial charge is 0.315 e. The highest BCUT2D eigenvalue weighted by Crippen LogP contribution is 2.24. The third-order valence-electron chi connectivity index (χ3n) is 4.38. The quantitative estimate of drug-likeness (QED) is 0.838. The number of hydrogen-bond acceptors (Lipinski definition) is 4. The standard InChI is InChI=1S/C17H30N4OS/c1-5-8-21-9-6-14(7-10-21)12-19-16(22)20-17(3,4)15-18-11-13(2)23-15/h11,14H,5-10,12H2,1-4H3,(H2,19,20,22). The zero-order chi connectivity index (χ0) is 16.9. The van der Waals surface area contributed by atoms with Crippen molar-refractivity contribution < 1.29 is 4.79 Å². The molecule has 130 valence electrons. The van der Waals surface area contributed by atoms with Crippen molar-refractivity contribution in [2.45, 2.75) is 52.5 Å². The number of aryl methyl sites for hydroxylation is 1. The Hall–Kier alpha value is -1.14. The van der Waals surface area contributed by atoms with Crippen molar-refractivity contribution in [2.75, 3.05) is 26.2 Å². The van der Waals surface area contributed by atoms with Gasteiger partial charge in [0.15, 0.2) is 0 Å². The first-order valence-corrected chi connectivity index (χ1v) is 9.43. The normalized spacial score (nSPS) is 17.2. The molecular weight excluding hydrogens is 308 g/mol. The van der Waals surface area contributed by atoms with E-state index >= 15 is 0 Å². The molecule has 0 saturated carbocycles. The minimum atomic E-state index is -0.437. The Labute approximate surface area is 143 Å². The molecule has 0 radical (unpaired) electrons. The van der Waals surface area contributed by atoms with Crippen molar-refractivity contribution in [3.05, 3.63) is 16.1 Å². The number of amides is 2. The number of carbonyl (C=O) groups excluding carboxylic acids is 1. The van der Waals surface area contributed by atoms with Gasteiger partial charge in [-0.05, 0) is 65.6 Å². The van der Waals surface area contributed by atoms with E-state index in [1.807, 2.05) is 27.0 Å². The molecule has 0 unspecified atom stereocenters. The molecule has 1 aliphatic rings. The number of aromatic nitrogens is 1. The Morgan fingerprint density at radius 3 is 2.70 bits per heavy atom. The maximum Gasteiger partial charge on any atom is 0.315 e. The molecule has 0 spiro atoms. The molecule has 0 aliphatic carbocycles. The third kappa shape index (κ3) is 5.46. The van der Waals surface area contributed by atoms with Gasteiger partial charge in [-0.3, -0.25) is 0 Å². The topological polar surface area (TPSA) is 57.3 Å². The summed E-state index contributed by atoms with van der Waals surface area (Å²) < 4.78 is 0. The van der Waals surface area contributed by atoms with Gasteiger partial charge < -0.3 is 15.5 Å². The van der Waals surface area contributed by atoms with Crippen LogP contribution >= 0.6 is 11.3 Å².